The van der Waals surface area contributed by atoms with Gasteiger partial charge in [0.15, 0.2) is 0 Å². The number of nitrogens with zero attached hydrogens (tertiary/aromatic N) is 1. The molecule has 0 heterocycles. The fraction of sp³-hybridized carbons (Fsp3) is 0.818. The van der Waals surface area contributed by atoms with Crippen LogP contribution in [-0.4, -0.2) is 41.9 Å². The first-order chi connectivity index (χ1) is 7.32. The number of nitrogens with one attached hydrogen (secondary N) is 1. The van der Waals surface area contributed by atoms with Crippen LogP contribution in [0.3, 0.4) is 0 Å². The zero-order chi connectivity index (χ0) is 12.8. The van der Waals surface area contributed by atoms with Crippen molar-refractivity contribution >= 4 is 11.8 Å². The van der Waals surface area contributed by atoms with Crippen molar-refractivity contribution in [3.8, 4) is 0 Å². The lowest BCUT2D eigenvalue weighted by atomic mass is 10.1. The number of carbonyl (C=O) groups is 2. The number of hydrogen-bond donors (Lipinski definition) is 2. The summed E-state index contributed by atoms with van der Waals surface area (Å²) >= 11 is 0. The first-order valence-electron chi connectivity index (χ1n) is 5.67. The van der Waals surface area contributed by atoms with Gasteiger partial charge in [-0.3, -0.25) is 9.59 Å². The van der Waals surface area contributed by atoms with Gasteiger partial charge in [0.25, 0.3) is 0 Å². The monoisotopic (exact) mass is 229 g/mol. The van der Waals surface area contributed by atoms with Gasteiger partial charge >= 0.3 is 0 Å². The van der Waals surface area contributed by atoms with Crippen LogP contribution in [0.4, 0.5) is 0 Å². The molecule has 0 spiro atoms. The standard InChI is InChI=1S/C11H23N3O2/c1-5-14(6-2)9(15)7-8-13-10(16)11(3,4)12/h5-8,12H2,1-4H3,(H,13,16). The minimum absolute atomic E-state index is 0.0557. The summed E-state index contributed by atoms with van der Waals surface area (Å²) in [7, 11) is 0. The Labute approximate surface area is 97.4 Å². The van der Waals surface area contributed by atoms with Crippen LogP contribution in [0, 0.1) is 0 Å². The van der Waals surface area contributed by atoms with Crippen molar-refractivity contribution in [1.29, 1.82) is 0 Å². The smallest absolute Gasteiger partial charge is 0.239 e. The first-order valence-corrected chi connectivity index (χ1v) is 5.67. The van der Waals surface area contributed by atoms with Crippen molar-refractivity contribution < 1.29 is 9.59 Å². The van der Waals surface area contributed by atoms with Gasteiger partial charge in [-0.2, -0.15) is 0 Å². The van der Waals surface area contributed by atoms with E-state index in [1.54, 1.807) is 18.7 Å². The average Bonchev–Trinajstić information content (AvgIpc) is 2.18. The molecule has 16 heavy (non-hydrogen) atoms. The molecule has 0 rings (SSSR count). The molecule has 0 atom stereocenters. The molecular formula is C11H23N3O2. The molecule has 0 unspecified atom stereocenters. The molecule has 0 aromatic carbocycles. The highest BCUT2D eigenvalue weighted by Crippen LogP contribution is 1.97. The van der Waals surface area contributed by atoms with Crippen LogP contribution in [0.1, 0.15) is 34.1 Å². The van der Waals surface area contributed by atoms with Crippen LogP contribution < -0.4 is 11.1 Å². The van der Waals surface area contributed by atoms with Gasteiger partial charge in [0, 0.05) is 26.1 Å². The fourth-order valence-corrected chi connectivity index (χ4v) is 1.25. The van der Waals surface area contributed by atoms with Gasteiger partial charge < -0.3 is 16.0 Å². The fourth-order valence-electron chi connectivity index (χ4n) is 1.25. The van der Waals surface area contributed by atoms with Gasteiger partial charge in [0.2, 0.25) is 11.8 Å². The highest BCUT2D eigenvalue weighted by atomic mass is 16.2. The summed E-state index contributed by atoms with van der Waals surface area (Å²) in [4.78, 5) is 24.7. The lowest BCUT2D eigenvalue weighted by Crippen LogP contribution is -2.49. The van der Waals surface area contributed by atoms with E-state index in [1.807, 2.05) is 13.8 Å². The predicted molar refractivity (Wildman–Crippen MR) is 63.8 cm³/mol. The minimum Gasteiger partial charge on any atom is -0.354 e. The van der Waals surface area contributed by atoms with Gasteiger partial charge in [-0.25, -0.2) is 0 Å². The topological polar surface area (TPSA) is 75.4 Å². The van der Waals surface area contributed by atoms with Crippen molar-refractivity contribution in [3.05, 3.63) is 0 Å². The van der Waals surface area contributed by atoms with Crippen LogP contribution in [0.15, 0.2) is 0 Å². The predicted octanol–water partition coefficient (Wildman–Crippen LogP) is 0.0984. The third-order valence-corrected chi connectivity index (χ3v) is 2.33. The Balaban J connectivity index is 3.91. The van der Waals surface area contributed by atoms with E-state index in [2.05, 4.69) is 5.32 Å². The first kappa shape index (κ1) is 14.9. The maximum atomic E-state index is 11.6. The average molecular weight is 229 g/mol. The van der Waals surface area contributed by atoms with E-state index in [-0.39, 0.29) is 11.8 Å². The molecule has 0 bridgehead atoms. The molecule has 2 amide bonds. The van der Waals surface area contributed by atoms with E-state index in [1.165, 1.54) is 0 Å². The molecule has 0 aromatic heterocycles. The highest BCUT2D eigenvalue weighted by molar-refractivity contribution is 5.85. The molecule has 3 N–H and O–H groups in total. The molecule has 94 valence electrons. The second kappa shape index (κ2) is 6.48. The van der Waals surface area contributed by atoms with Gasteiger partial charge in [-0.15, -0.1) is 0 Å². The SMILES string of the molecule is CCN(CC)C(=O)CCNC(=O)C(C)(C)N. The summed E-state index contributed by atoms with van der Waals surface area (Å²) in [6.45, 7) is 8.88. The Morgan fingerprint density at radius 3 is 2.12 bits per heavy atom. The summed E-state index contributed by atoms with van der Waals surface area (Å²) < 4.78 is 0. The number of rotatable bonds is 6. The van der Waals surface area contributed by atoms with Crippen LogP contribution in [-0.2, 0) is 9.59 Å². The molecular weight excluding hydrogens is 206 g/mol. The molecule has 0 aromatic rings. The molecule has 0 saturated carbocycles. The lowest BCUT2D eigenvalue weighted by Gasteiger charge is -2.20. The Bertz CT molecular complexity index is 242. The van der Waals surface area contributed by atoms with Crippen molar-refractivity contribution in [1.82, 2.24) is 10.2 Å². The number of amides is 2. The van der Waals surface area contributed by atoms with E-state index in [4.69, 9.17) is 5.73 Å². The summed E-state index contributed by atoms with van der Waals surface area (Å²) in [6.07, 6.45) is 0.323. The second-order valence-corrected chi connectivity index (χ2v) is 4.29. The van der Waals surface area contributed by atoms with Gasteiger partial charge in [0.05, 0.1) is 5.54 Å². The quantitative estimate of drug-likeness (QED) is 0.678. The molecule has 5 nitrogen and oxygen atoms in total. The molecule has 0 saturated heterocycles. The molecule has 0 fully saturated rings. The van der Waals surface area contributed by atoms with Crippen molar-refractivity contribution in [2.24, 2.45) is 5.73 Å². The van der Waals surface area contributed by atoms with Crippen LogP contribution in [0.25, 0.3) is 0 Å². The van der Waals surface area contributed by atoms with Gasteiger partial charge in [-0.1, -0.05) is 0 Å². The lowest BCUT2D eigenvalue weighted by molar-refractivity contribution is -0.131. The molecule has 0 radical (unpaired) electrons. The maximum absolute atomic E-state index is 11.6. The third kappa shape index (κ3) is 5.11. The van der Waals surface area contributed by atoms with Gasteiger partial charge in [0.1, 0.15) is 0 Å². The maximum Gasteiger partial charge on any atom is 0.239 e. The zero-order valence-electron chi connectivity index (χ0n) is 10.7. The summed E-state index contributed by atoms with van der Waals surface area (Å²) in [5.41, 5.74) is 4.71. The van der Waals surface area contributed by atoms with Crippen molar-refractivity contribution in [2.75, 3.05) is 19.6 Å². The van der Waals surface area contributed by atoms with E-state index in [0.717, 1.165) is 0 Å². The molecule has 0 aliphatic rings. The zero-order valence-corrected chi connectivity index (χ0v) is 10.7. The van der Waals surface area contributed by atoms with Gasteiger partial charge in [-0.05, 0) is 27.7 Å². The number of carbonyl (C=O) groups excluding carboxylic acids is 2. The van der Waals surface area contributed by atoms with Crippen LogP contribution in [0.2, 0.25) is 0 Å². The van der Waals surface area contributed by atoms with Crippen LogP contribution in [0.5, 0.6) is 0 Å². The Morgan fingerprint density at radius 2 is 1.75 bits per heavy atom. The molecule has 5 heteroatoms. The normalized spacial score (nSPS) is 11.1. The minimum atomic E-state index is -0.891. The number of nitrogens with two attached hydrogens (primary N) is 1. The molecule has 0 aliphatic heterocycles. The summed E-state index contributed by atoms with van der Waals surface area (Å²) in [6, 6.07) is 0. The Hall–Kier alpha value is -1.10. The van der Waals surface area contributed by atoms with E-state index < -0.39 is 5.54 Å². The Morgan fingerprint density at radius 1 is 1.25 bits per heavy atom. The van der Waals surface area contributed by atoms with E-state index in [9.17, 15) is 9.59 Å². The number of hydrogen-bond acceptors (Lipinski definition) is 3. The Kier molecular flexibility index (Phi) is 6.03. The van der Waals surface area contributed by atoms with Crippen molar-refractivity contribution in [3.63, 3.8) is 0 Å². The largest absolute Gasteiger partial charge is 0.354 e. The molecule has 0 aliphatic carbocycles. The van der Waals surface area contributed by atoms with Crippen molar-refractivity contribution in [2.45, 2.75) is 39.7 Å². The van der Waals surface area contributed by atoms with E-state index in [0.29, 0.717) is 26.1 Å². The van der Waals surface area contributed by atoms with Crippen LogP contribution >= 0.6 is 0 Å². The summed E-state index contributed by atoms with van der Waals surface area (Å²) in [5, 5.41) is 2.65. The summed E-state index contributed by atoms with van der Waals surface area (Å²) in [5.74, 6) is -0.181. The highest BCUT2D eigenvalue weighted by Gasteiger charge is 2.21. The second-order valence-electron chi connectivity index (χ2n) is 4.29. The van der Waals surface area contributed by atoms with E-state index >= 15 is 0 Å². The third-order valence-electron chi connectivity index (χ3n) is 2.33.